The van der Waals surface area contributed by atoms with Gasteiger partial charge in [0.05, 0.1) is 17.2 Å². The molecule has 166 valence electrons. The van der Waals surface area contributed by atoms with Crippen LogP contribution in [0.15, 0.2) is 30.7 Å². The Morgan fingerprint density at radius 3 is 2.47 bits per heavy atom. The van der Waals surface area contributed by atoms with Crippen molar-refractivity contribution in [2.45, 2.75) is 56.5 Å². The van der Waals surface area contributed by atoms with Crippen LogP contribution in [0.1, 0.15) is 37.5 Å². The highest BCUT2D eigenvalue weighted by molar-refractivity contribution is 5.85. The van der Waals surface area contributed by atoms with E-state index in [4.69, 9.17) is 0 Å². The summed E-state index contributed by atoms with van der Waals surface area (Å²) in [6.45, 7) is 1.80. The third-order valence-electron chi connectivity index (χ3n) is 6.31. The summed E-state index contributed by atoms with van der Waals surface area (Å²) < 4.78 is 56.5. The molecule has 2 aliphatic rings. The molecule has 2 fully saturated rings. The van der Waals surface area contributed by atoms with Gasteiger partial charge < -0.3 is 9.88 Å². The average molecular weight is 445 g/mol. The van der Waals surface area contributed by atoms with Crippen molar-refractivity contribution in [3.63, 3.8) is 0 Å². The fourth-order valence-electron chi connectivity index (χ4n) is 4.67. The topological polar surface area (TPSA) is 72.9 Å². The maximum atomic E-state index is 13.5. The SMILES string of the molecule is Cc1nc2ncc(-c3ccn4nc(NC5CC(F)(F)C5)ncc34)cc2n1C1CC(F)(F)C1. The zero-order chi connectivity index (χ0) is 22.3. The normalized spacial score (nSPS) is 20.4. The molecule has 0 amide bonds. The van der Waals surface area contributed by atoms with Crippen molar-refractivity contribution in [3.8, 4) is 11.1 Å². The molecule has 0 radical (unpaired) electrons. The highest BCUT2D eigenvalue weighted by Gasteiger charge is 2.47. The summed E-state index contributed by atoms with van der Waals surface area (Å²) in [5, 5.41) is 7.30. The Morgan fingerprint density at radius 2 is 1.75 bits per heavy atom. The molecule has 2 aliphatic carbocycles. The highest BCUT2D eigenvalue weighted by atomic mass is 19.3. The smallest absolute Gasteiger partial charge is 0.252 e. The second-order valence-corrected chi connectivity index (χ2v) is 8.76. The van der Waals surface area contributed by atoms with Gasteiger partial charge in [-0.15, -0.1) is 5.10 Å². The van der Waals surface area contributed by atoms with Crippen LogP contribution < -0.4 is 5.32 Å². The molecule has 0 aliphatic heterocycles. The van der Waals surface area contributed by atoms with Crippen LogP contribution in [0.4, 0.5) is 23.5 Å². The Morgan fingerprint density at radius 1 is 1.00 bits per heavy atom. The van der Waals surface area contributed by atoms with Gasteiger partial charge in [0.15, 0.2) is 5.65 Å². The first-order valence-corrected chi connectivity index (χ1v) is 10.4. The van der Waals surface area contributed by atoms with E-state index in [9.17, 15) is 17.6 Å². The number of aryl methyl sites for hydroxylation is 1. The predicted molar refractivity (Wildman–Crippen MR) is 109 cm³/mol. The van der Waals surface area contributed by atoms with E-state index < -0.39 is 11.8 Å². The number of imidazole rings is 1. The number of rotatable bonds is 4. The lowest BCUT2D eigenvalue weighted by Crippen LogP contribution is -2.44. The fraction of sp³-hybridized carbons (Fsp3) is 0.429. The van der Waals surface area contributed by atoms with E-state index in [1.54, 1.807) is 30.0 Å². The van der Waals surface area contributed by atoms with Crippen molar-refractivity contribution in [1.29, 1.82) is 0 Å². The Kier molecular flexibility index (Phi) is 3.89. The summed E-state index contributed by atoms with van der Waals surface area (Å²) in [7, 11) is 0. The molecule has 4 aromatic heterocycles. The van der Waals surface area contributed by atoms with E-state index in [2.05, 4.69) is 25.4 Å². The number of anilines is 1. The quantitative estimate of drug-likeness (QED) is 0.464. The first kappa shape index (κ1) is 19.4. The number of nitrogens with one attached hydrogen (secondary N) is 1. The van der Waals surface area contributed by atoms with Crippen molar-refractivity contribution in [2.24, 2.45) is 0 Å². The van der Waals surface area contributed by atoms with Crippen LogP contribution in [0.5, 0.6) is 0 Å². The molecule has 4 heterocycles. The van der Waals surface area contributed by atoms with E-state index in [0.717, 1.165) is 11.1 Å². The van der Waals surface area contributed by atoms with Crippen molar-refractivity contribution >= 4 is 22.6 Å². The van der Waals surface area contributed by atoms with E-state index in [-0.39, 0.29) is 43.7 Å². The van der Waals surface area contributed by atoms with Gasteiger partial charge in [-0.3, -0.25) is 0 Å². The largest absolute Gasteiger partial charge is 0.350 e. The Balaban J connectivity index is 1.33. The van der Waals surface area contributed by atoms with Crippen molar-refractivity contribution < 1.29 is 17.6 Å². The molecule has 32 heavy (non-hydrogen) atoms. The highest BCUT2D eigenvalue weighted by Crippen LogP contribution is 2.47. The molecular weight excluding hydrogens is 426 g/mol. The van der Waals surface area contributed by atoms with Crippen molar-refractivity contribution in [3.05, 3.63) is 36.5 Å². The maximum Gasteiger partial charge on any atom is 0.252 e. The maximum absolute atomic E-state index is 13.5. The Hall–Kier alpha value is -3.24. The predicted octanol–water partition coefficient (Wildman–Crippen LogP) is 4.63. The molecular formula is C21H19F4N7. The molecule has 7 nitrogen and oxygen atoms in total. The van der Waals surface area contributed by atoms with Gasteiger partial charge >= 0.3 is 0 Å². The summed E-state index contributed by atoms with van der Waals surface area (Å²) in [4.78, 5) is 13.1. The van der Waals surface area contributed by atoms with Gasteiger partial charge in [-0.2, -0.15) is 0 Å². The Labute approximate surface area is 179 Å². The number of alkyl halides is 4. The molecule has 0 bridgehead atoms. The van der Waals surface area contributed by atoms with Gasteiger partial charge in [-0.1, -0.05) is 0 Å². The first-order valence-electron chi connectivity index (χ1n) is 10.4. The molecule has 11 heteroatoms. The molecule has 1 N–H and O–H groups in total. The lowest BCUT2D eigenvalue weighted by molar-refractivity contribution is -0.103. The van der Waals surface area contributed by atoms with Gasteiger partial charge in [0, 0.05) is 61.3 Å². The van der Waals surface area contributed by atoms with Crippen LogP contribution in [0.2, 0.25) is 0 Å². The van der Waals surface area contributed by atoms with Crippen molar-refractivity contribution in [1.82, 2.24) is 29.1 Å². The van der Waals surface area contributed by atoms with Crippen LogP contribution in [0, 0.1) is 6.92 Å². The lowest BCUT2D eigenvalue weighted by atomic mass is 9.87. The standard InChI is InChI=1S/C21H19F4N7/c1-11-28-18-16(32(11)14-7-21(24,25)8-14)4-12(9-26-18)15-2-3-31-17(15)10-27-19(30-31)29-13-5-20(22,23)6-13/h2-4,9-10,13-14H,5-8H2,1H3,(H,29,30). The average Bonchev–Trinajstić information content (AvgIpc) is 3.23. The van der Waals surface area contributed by atoms with E-state index in [1.165, 1.54) is 0 Å². The van der Waals surface area contributed by atoms with Gasteiger partial charge in [0.1, 0.15) is 5.82 Å². The van der Waals surface area contributed by atoms with Crippen LogP contribution in [0.25, 0.3) is 27.8 Å². The number of halogens is 4. The molecule has 0 saturated heterocycles. The zero-order valence-corrected chi connectivity index (χ0v) is 17.1. The number of fused-ring (bicyclic) bond motifs is 2. The molecule has 6 rings (SSSR count). The molecule has 0 atom stereocenters. The van der Waals surface area contributed by atoms with Gasteiger partial charge in [-0.05, 0) is 19.1 Å². The monoisotopic (exact) mass is 445 g/mol. The van der Waals surface area contributed by atoms with Crippen LogP contribution in [-0.2, 0) is 0 Å². The summed E-state index contributed by atoms with van der Waals surface area (Å²) in [5.74, 6) is -4.30. The minimum absolute atomic E-state index is 0.199. The van der Waals surface area contributed by atoms with Gasteiger partial charge in [0.25, 0.3) is 11.8 Å². The van der Waals surface area contributed by atoms with Crippen LogP contribution in [-0.4, -0.2) is 47.0 Å². The van der Waals surface area contributed by atoms with Gasteiger partial charge in [0.2, 0.25) is 5.95 Å². The molecule has 0 unspecified atom stereocenters. The molecule has 2 saturated carbocycles. The summed E-state index contributed by atoms with van der Waals surface area (Å²) in [6.07, 6.45) is 4.22. The van der Waals surface area contributed by atoms with Crippen LogP contribution >= 0.6 is 0 Å². The first-order chi connectivity index (χ1) is 15.2. The third kappa shape index (κ3) is 3.09. The summed E-state index contributed by atoms with van der Waals surface area (Å²) >= 11 is 0. The zero-order valence-electron chi connectivity index (χ0n) is 17.1. The fourth-order valence-corrected chi connectivity index (χ4v) is 4.67. The van der Waals surface area contributed by atoms with E-state index >= 15 is 0 Å². The second kappa shape index (κ2) is 6.39. The van der Waals surface area contributed by atoms with Gasteiger partial charge in [-0.25, -0.2) is 37.0 Å². The molecule has 0 aromatic carbocycles. The van der Waals surface area contributed by atoms with Crippen molar-refractivity contribution in [2.75, 3.05) is 5.32 Å². The number of hydrogen-bond acceptors (Lipinski definition) is 5. The summed E-state index contributed by atoms with van der Waals surface area (Å²) in [5.41, 5.74) is 3.56. The lowest BCUT2D eigenvalue weighted by Gasteiger charge is -2.36. The van der Waals surface area contributed by atoms with E-state index in [1.807, 2.05) is 16.7 Å². The second-order valence-electron chi connectivity index (χ2n) is 8.76. The molecule has 0 spiro atoms. The minimum atomic E-state index is -2.63. The Bertz CT molecular complexity index is 1340. The number of aromatic nitrogens is 6. The number of hydrogen-bond donors (Lipinski definition) is 1. The molecule has 4 aromatic rings. The van der Waals surface area contributed by atoms with Crippen LogP contribution in [0.3, 0.4) is 0 Å². The minimum Gasteiger partial charge on any atom is -0.350 e. The number of nitrogens with zero attached hydrogens (tertiary/aromatic N) is 6. The van der Waals surface area contributed by atoms with E-state index in [0.29, 0.717) is 22.5 Å². The summed E-state index contributed by atoms with van der Waals surface area (Å²) in [6, 6.07) is 3.12. The third-order valence-corrected chi connectivity index (χ3v) is 6.31. The number of pyridine rings is 1.